The van der Waals surface area contributed by atoms with Gasteiger partial charge in [-0.15, -0.1) is 0 Å². The van der Waals surface area contributed by atoms with E-state index in [0.717, 1.165) is 38.3 Å². The summed E-state index contributed by atoms with van der Waals surface area (Å²) in [6, 6.07) is 14.6. The van der Waals surface area contributed by atoms with Gasteiger partial charge < -0.3 is 14.4 Å². The molecular weight excluding hydrogens is 298 g/mol. The molecule has 1 fully saturated rings. The molecule has 0 atom stereocenters. The third kappa shape index (κ3) is 2.38. The van der Waals surface area contributed by atoms with Gasteiger partial charge >= 0.3 is 0 Å². The average Bonchev–Trinajstić information content (AvgIpc) is 2.95. The summed E-state index contributed by atoms with van der Waals surface area (Å²) in [5.74, 6) is 0.151. The molecule has 0 unspecified atom stereocenters. The van der Waals surface area contributed by atoms with Crippen molar-refractivity contribution in [2.24, 2.45) is 0 Å². The van der Waals surface area contributed by atoms with E-state index in [1.165, 1.54) is 21.8 Å². The van der Waals surface area contributed by atoms with Crippen LogP contribution in [0, 0.1) is 0 Å². The Morgan fingerprint density at radius 1 is 0.958 bits per heavy atom. The lowest BCUT2D eigenvalue weighted by atomic mass is 10.1. The Morgan fingerprint density at radius 2 is 1.67 bits per heavy atom. The van der Waals surface area contributed by atoms with Crippen molar-refractivity contribution in [1.82, 2.24) is 14.4 Å². The highest BCUT2D eigenvalue weighted by atomic mass is 16.2. The number of aryl methyl sites for hydroxylation is 1. The van der Waals surface area contributed by atoms with Crippen molar-refractivity contribution >= 4 is 27.7 Å². The van der Waals surface area contributed by atoms with Gasteiger partial charge in [0.15, 0.2) is 0 Å². The fourth-order valence-corrected chi connectivity index (χ4v) is 3.72. The van der Waals surface area contributed by atoms with Gasteiger partial charge in [0.1, 0.15) is 0 Å². The molecule has 0 spiro atoms. The lowest BCUT2D eigenvalue weighted by molar-refractivity contribution is 0.0664. The molecule has 0 N–H and O–H groups in total. The van der Waals surface area contributed by atoms with Crippen LogP contribution in [0.3, 0.4) is 0 Å². The summed E-state index contributed by atoms with van der Waals surface area (Å²) >= 11 is 0. The quantitative estimate of drug-likeness (QED) is 0.725. The van der Waals surface area contributed by atoms with E-state index in [1.54, 1.807) is 0 Å². The van der Waals surface area contributed by atoms with Crippen LogP contribution in [0.5, 0.6) is 0 Å². The summed E-state index contributed by atoms with van der Waals surface area (Å²) in [5.41, 5.74) is 3.24. The van der Waals surface area contributed by atoms with E-state index >= 15 is 0 Å². The maximum Gasteiger partial charge on any atom is 0.253 e. The number of rotatable bonds is 2. The molecule has 1 aliphatic rings. The minimum Gasteiger partial charge on any atom is -0.341 e. The number of piperazine rings is 1. The van der Waals surface area contributed by atoms with Crippen molar-refractivity contribution in [2.45, 2.75) is 13.5 Å². The number of para-hydroxylation sites is 1. The van der Waals surface area contributed by atoms with Gasteiger partial charge in [-0.05, 0) is 38.2 Å². The predicted molar refractivity (Wildman–Crippen MR) is 98.5 cm³/mol. The Morgan fingerprint density at radius 3 is 2.42 bits per heavy atom. The fraction of sp³-hybridized carbons (Fsp3) is 0.350. The standard InChI is InChI=1S/C20H23N3O/c1-3-23-18-7-5-4-6-16(18)17-14-15(8-9-19(17)23)20(24)22-12-10-21(2)11-13-22/h4-9,14H,3,10-13H2,1-2H3. The van der Waals surface area contributed by atoms with Crippen LogP contribution in [-0.4, -0.2) is 53.5 Å². The van der Waals surface area contributed by atoms with E-state index in [-0.39, 0.29) is 5.91 Å². The Kier molecular flexibility index (Phi) is 3.77. The molecule has 4 rings (SSSR count). The second kappa shape index (κ2) is 5.95. The van der Waals surface area contributed by atoms with Crippen LogP contribution in [0.15, 0.2) is 42.5 Å². The van der Waals surface area contributed by atoms with E-state index in [1.807, 2.05) is 11.0 Å². The Bertz CT molecular complexity index is 904. The molecule has 1 saturated heterocycles. The van der Waals surface area contributed by atoms with Crippen LogP contribution in [0.2, 0.25) is 0 Å². The number of fused-ring (bicyclic) bond motifs is 3. The molecule has 1 aliphatic heterocycles. The molecule has 4 nitrogen and oxygen atoms in total. The Hall–Kier alpha value is -2.33. The maximum absolute atomic E-state index is 12.9. The van der Waals surface area contributed by atoms with Gasteiger partial charge in [0.25, 0.3) is 5.91 Å². The molecule has 2 aromatic carbocycles. The van der Waals surface area contributed by atoms with Crippen LogP contribution in [0.1, 0.15) is 17.3 Å². The molecule has 4 heteroatoms. The van der Waals surface area contributed by atoms with Gasteiger partial charge in [-0.1, -0.05) is 18.2 Å². The molecule has 0 radical (unpaired) electrons. The average molecular weight is 321 g/mol. The van der Waals surface area contributed by atoms with Gasteiger partial charge in [0.2, 0.25) is 0 Å². The zero-order valence-electron chi connectivity index (χ0n) is 14.3. The highest BCUT2D eigenvalue weighted by molar-refractivity contribution is 6.10. The van der Waals surface area contributed by atoms with Crippen molar-refractivity contribution in [3.8, 4) is 0 Å². The lowest BCUT2D eigenvalue weighted by Gasteiger charge is -2.32. The van der Waals surface area contributed by atoms with E-state index in [9.17, 15) is 4.79 Å². The van der Waals surface area contributed by atoms with E-state index < -0.39 is 0 Å². The van der Waals surface area contributed by atoms with Gasteiger partial charge in [-0.3, -0.25) is 4.79 Å². The molecular formula is C20H23N3O. The largest absolute Gasteiger partial charge is 0.341 e. The molecule has 1 amide bonds. The molecule has 0 saturated carbocycles. The molecule has 124 valence electrons. The number of aromatic nitrogens is 1. The smallest absolute Gasteiger partial charge is 0.253 e. The summed E-state index contributed by atoms with van der Waals surface area (Å²) in [7, 11) is 2.10. The third-order valence-electron chi connectivity index (χ3n) is 5.13. The zero-order valence-corrected chi connectivity index (χ0v) is 14.3. The summed E-state index contributed by atoms with van der Waals surface area (Å²) in [4.78, 5) is 17.1. The number of hydrogen-bond donors (Lipinski definition) is 0. The highest BCUT2D eigenvalue weighted by Gasteiger charge is 2.21. The van der Waals surface area contributed by atoms with E-state index in [2.05, 4.69) is 59.8 Å². The zero-order chi connectivity index (χ0) is 16.7. The molecule has 2 heterocycles. The monoisotopic (exact) mass is 321 g/mol. The first-order valence-corrected chi connectivity index (χ1v) is 8.68. The number of nitrogens with zero attached hydrogens (tertiary/aromatic N) is 3. The molecule has 3 aromatic rings. The van der Waals surface area contributed by atoms with Gasteiger partial charge in [-0.2, -0.15) is 0 Å². The number of carbonyl (C=O) groups is 1. The van der Waals surface area contributed by atoms with E-state index in [0.29, 0.717) is 0 Å². The summed E-state index contributed by atoms with van der Waals surface area (Å²) in [6.07, 6.45) is 0. The number of amides is 1. The second-order valence-electron chi connectivity index (χ2n) is 6.59. The summed E-state index contributed by atoms with van der Waals surface area (Å²) in [6.45, 7) is 6.60. The van der Waals surface area contributed by atoms with Crippen molar-refractivity contribution in [2.75, 3.05) is 33.2 Å². The van der Waals surface area contributed by atoms with E-state index in [4.69, 9.17) is 0 Å². The normalized spacial score (nSPS) is 16.2. The number of likely N-dealkylation sites (N-methyl/N-ethyl adjacent to an activating group) is 1. The fourth-order valence-electron chi connectivity index (χ4n) is 3.72. The van der Waals surface area contributed by atoms with Gasteiger partial charge in [0.05, 0.1) is 0 Å². The van der Waals surface area contributed by atoms with Crippen molar-refractivity contribution in [1.29, 1.82) is 0 Å². The maximum atomic E-state index is 12.9. The minimum absolute atomic E-state index is 0.151. The highest BCUT2D eigenvalue weighted by Crippen LogP contribution is 2.30. The van der Waals surface area contributed by atoms with Gasteiger partial charge in [0, 0.05) is 60.1 Å². The van der Waals surface area contributed by atoms with Crippen molar-refractivity contribution in [3.63, 3.8) is 0 Å². The first kappa shape index (κ1) is 15.2. The van der Waals surface area contributed by atoms with Crippen LogP contribution < -0.4 is 0 Å². The lowest BCUT2D eigenvalue weighted by Crippen LogP contribution is -2.47. The van der Waals surface area contributed by atoms with Crippen LogP contribution in [0.4, 0.5) is 0 Å². The third-order valence-corrected chi connectivity index (χ3v) is 5.13. The van der Waals surface area contributed by atoms with Crippen LogP contribution in [0.25, 0.3) is 21.8 Å². The Balaban J connectivity index is 1.78. The molecule has 0 aliphatic carbocycles. The van der Waals surface area contributed by atoms with Crippen LogP contribution in [-0.2, 0) is 6.54 Å². The van der Waals surface area contributed by atoms with Crippen molar-refractivity contribution < 1.29 is 4.79 Å². The first-order chi connectivity index (χ1) is 11.7. The Labute approximate surface area is 142 Å². The minimum atomic E-state index is 0.151. The summed E-state index contributed by atoms with van der Waals surface area (Å²) in [5, 5.41) is 2.40. The number of hydrogen-bond acceptors (Lipinski definition) is 2. The molecule has 0 bridgehead atoms. The number of benzene rings is 2. The molecule has 24 heavy (non-hydrogen) atoms. The summed E-state index contributed by atoms with van der Waals surface area (Å²) < 4.78 is 2.31. The van der Waals surface area contributed by atoms with Crippen molar-refractivity contribution in [3.05, 3.63) is 48.0 Å². The number of carbonyl (C=O) groups excluding carboxylic acids is 1. The van der Waals surface area contributed by atoms with Crippen LogP contribution >= 0.6 is 0 Å². The van der Waals surface area contributed by atoms with Gasteiger partial charge in [-0.25, -0.2) is 0 Å². The predicted octanol–water partition coefficient (Wildman–Crippen LogP) is 3.20. The molecule has 1 aromatic heterocycles. The topological polar surface area (TPSA) is 28.5 Å². The first-order valence-electron chi connectivity index (χ1n) is 8.68. The SMILES string of the molecule is CCn1c2ccccc2c2cc(C(=O)N3CCN(C)CC3)ccc21. The second-order valence-corrected chi connectivity index (χ2v) is 6.59.